The molecule has 1 atom stereocenters. The topological polar surface area (TPSA) is 138 Å². The molecule has 1 heterocycles. The van der Waals surface area contributed by atoms with Gasteiger partial charge in [-0.25, -0.2) is 4.79 Å². The molecule has 0 aliphatic carbocycles. The van der Waals surface area contributed by atoms with Crippen LogP contribution < -0.4 is 26.1 Å². The number of aliphatic carboxylic acids is 1. The maximum Gasteiger partial charge on any atom is 0.336 e. The van der Waals surface area contributed by atoms with E-state index in [0.717, 1.165) is 0 Å². The number of amides is 2. The van der Waals surface area contributed by atoms with Crippen LogP contribution in [0.2, 0.25) is 0 Å². The second-order valence-electron chi connectivity index (χ2n) is 6.13. The van der Waals surface area contributed by atoms with E-state index in [4.69, 9.17) is 9.15 Å². The van der Waals surface area contributed by atoms with E-state index in [1.54, 1.807) is 32.0 Å². The smallest absolute Gasteiger partial charge is 0.336 e. The van der Waals surface area contributed by atoms with Gasteiger partial charge in [0.25, 0.3) is 5.91 Å². The molecule has 0 saturated carbocycles. The van der Waals surface area contributed by atoms with Gasteiger partial charge in [0.15, 0.2) is 6.61 Å². The van der Waals surface area contributed by atoms with Crippen LogP contribution in [0.1, 0.15) is 13.8 Å². The van der Waals surface area contributed by atoms with Crippen molar-refractivity contribution in [2.45, 2.75) is 19.9 Å². The number of hydrogen-bond donors (Lipinski definition) is 2. The number of carboxylic acids is 1. The van der Waals surface area contributed by atoms with Gasteiger partial charge < -0.3 is 29.7 Å². The van der Waals surface area contributed by atoms with Crippen LogP contribution in [-0.2, 0) is 14.4 Å². The van der Waals surface area contributed by atoms with Gasteiger partial charge in [-0.15, -0.1) is 0 Å². The predicted octanol–water partition coefficient (Wildman–Crippen LogP) is -0.821. The maximum atomic E-state index is 11.8. The summed E-state index contributed by atoms with van der Waals surface area (Å²) in [5.74, 6) is -2.66. The molecule has 2 aromatic rings. The van der Waals surface area contributed by atoms with Crippen LogP contribution in [-0.4, -0.2) is 37.0 Å². The minimum Gasteiger partial charge on any atom is -0.548 e. The van der Waals surface area contributed by atoms with E-state index in [2.05, 4.69) is 10.6 Å². The molecule has 0 saturated heterocycles. The molecule has 9 nitrogen and oxygen atoms in total. The van der Waals surface area contributed by atoms with Gasteiger partial charge in [0.05, 0.1) is 18.6 Å². The van der Waals surface area contributed by atoms with Crippen molar-refractivity contribution >= 4 is 28.8 Å². The van der Waals surface area contributed by atoms with Crippen LogP contribution in [0.15, 0.2) is 39.5 Å². The van der Waals surface area contributed by atoms with E-state index in [-0.39, 0.29) is 12.5 Å². The molecule has 0 aliphatic heterocycles. The molecule has 144 valence electrons. The van der Waals surface area contributed by atoms with E-state index in [1.165, 1.54) is 12.1 Å². The van der Waals surface area contributed by atoms with Crippen LogP contribution in [0.4, 0.5) is 0 Å². The summed E-state index contributed by atoms with van der Waals surface area (Å²) in [4.78, 5) is 45.6. The zero-order valence-corrected chi connectivity index (χ0v) is 14.8. The Morgan fingerprint density at radius 2 is 1.85 bits per heavy atom. The number of benzene rings is 1. The molecule has 1 aromatic heterocycles. The highest BCUT2D eigenvalue weighted by Gasteiger charge is 2.17. The van der Waals surface area contributed by atoms with Crippen molar-refractivity contribution in [1.29, 1.82) is 0 Å². The van der Waals surface area contributed by atoms with Crippen LogP contribution in [0.5, 0.6) is 5.75 Å². The maximum absolute atomic E-state index is 11.8. The van der Waals surface area contributed by atoms with Gasteiger partial charge >= 0.3 is 5.63 Å². The first kappa shape index (κ1) is 20.0. The summed E-state index contributed by atoms with van der Waals surface area (Å²) in [7, 11) is 0. The minimum absolute atomic E-state index is 0.313. The lowest BCUT2D eigenvalue weighted by Gasteiger charge is -2.23. The highest BCUT2D eigenvalue weighted by Crippen LogP contribution is 2.19. The number of rotatable bonds is 8. The lowest BCUT2D eigenvalue weighted by atomic mass is 10.1. The fourth-order valence-electron chi connectivity index (χ4n) is 2.23. The zero-order chi connectivity index (χ0) is 20.0. The molecule has 1 aromatic carbocycles. The number of carbonyl (C=O) groups excluding carboxylic acids is 3. The fourth-order valence-corrected chi connectivity index (χ4v) is 2.23. The van der Waals surface area contributed by atoms with Crippen molar-refractivity contribution in [3.05, 3.63) is 40.8 Å². The van der Waals surface area contributed by atoms with Gasteiger partial charge in [0.2, 0.25) is 5.91 Å². The lowest BCUT2D eigenvalue weighted by Crippen LogP contribution is -2.53. The molecule has 9 heteroatoms. The molecule has 2 amide bonds. The number of nitrogens with one attached hydrogen (secondary N) is 2. The van der Waals surface area contributed by atoms with E-state index >= 15 is 0 Å². The normalized spacial score (nSPS) is 11.8. The highest BCUT2D eigenvalue weighted by atomic mass is 16.5. The van der Waals surface area contributed by atoms with Crippen LogP contribution in [0.25, 0.3) is 11.0 Å². The molecule has 0 bridgehead atoms. The summed E-state index contributed by atoms with van der Waals surface area (Å²) in [6.07, 6.45) is 0. The van der Waals surface area contributed by atoms with E-state index in [9.17, 15) is 24.3 Å². The van der Waals surface area contributed by atoms with Crippen molar-refractivity contribution < 1.29 is 28.6 Å². The number of fused-ring (bicyclic) bond motifs is 1. The standard InChI is InChI=1S/C18H20N2O7/c1-10(2)17(18(24)25)20-14(21)8-19-15(22)9-26-12-5-3-11-4-6-16(23)27-13(11)7-12/h3-7,10,17H,8-9H2,1-2H3,(H,19,22)(H,20,21)(H,24,25)/p-1/t17-/m0/s1. The van der Waals surface area contributed by atoms with E-state index in [0.29, 0.717) is 16.7 Å². The molecule has 0 unspecified atom stereocenters. The Morgan fingerprint density at radius 3 is 2.52 bits per heavy atom. The molecule has 27 heavy (non-hydrogen) atoms. The summed E-state index contributed by atoms with van der Waals surface area (Å²) >= 11 is 0. The average Bonchev–Trinajstić information content (AvgIpc) is 2.61. The second-order valence-corrected chi connectivity index (χ2v) is 6.13. The summed E-state index contributed by atoms with van der Waals surface area (Å²) in [5.41, 5.74) is -0.179. The second kappa shape index (κ2) is 8.84. The van der Waals surface area contributed by atoms with Gasteiger partial charge in [-0.1, -0.05) is 13.8 Å². The molecule has 0 spiro atoms. The van der Waals surface area contributed by atoms with Crippen LogP contribution >= 0.6 is 0 Å². The summed E-state index contributed by atoms with van der Waals surface area (Å²) in [6.45, 7) is 2.48. The number of hydrogen-bond acceptors (Lipinski definition) is 7. The van der Waals surface area contributed by atoms with E-state index in [1.807, 2.05) is 0 Å². The average molecular weight is 375 g/mol. The molecule has 0 aliphatic rings. The minimum atomic E-state index is -1.39. The molecular weight excluding hydrogens is 356 g/mol. The van der Waals surface area contributed by atoms with Gasteiger partial charge in [-0.3, -0.25) is 9.59 Å². The Balaban J connectivity index is 1.83. The van der Waals surface area contributed by atoms with Gasteiger partial charge in [-0.2, -0.15) is 0 Å². The van der Waals surface area contributed by atoms with Crippen LogP contribution in [0, 0.1) is 5.92 Å². The summed E-state index contributed by atoms with van der Waals surface area (Å²) < 4.78 is 10.3. The molecule has 0 radical (unpaired) electrons. The molecular formula is C18H19N2O7-. The first-order chi connectivity index (χ1) is 12.8. The third kappa shape index (κ3) is 5.84. The Bertz CT molecular complexity index is 904. The van der Waals surface area contributed by atoms with Crippen molar-refractivity contribution in [2.24, 2.45) is 5.92 Å². The monoisotopic (exact) mass is 375 g/mol. The predicted molar refractivity (Wildman–Crippen MR) is 92.8 cm³/mol. The Morgan fingerprint density at radius 1 is 1.15 bits per heavy atom. The summed E-state index contributed by atoms with van der Waals surface area (Å²) in [6, 6.07) is 6.52. The Labute approximate surface area is 154 Å². The first-order valence-electron chi connectivity index (χ1n) is 8.20. The van der Waals surface area contributed by atoms with E-state index < -0.39 is 36.0 Å². The Kier molecular flexibility index (Phi) is 6.53. The summed E-state index contributed by atoms with van der Waals surface area (Å²) in [5, 5.41) is 16.2. The molecule has 2 N–H and O–H groups in total. The van der Waals surface area contributed by atoms with Crippen molar-refractivity contribution in [2.75, 3.05) is 13.2 Å². The SMILES string of the molecule is CC(C)[C@H](NC(=O)CNC(=O)COc1ccc2ccc(=O)oc2c1)C(=O)[O-]. The highest BCUT2D eigenvalue weighted by molar-refractivity contribution is 5.88. The zero-order valence-electron chi connectivity index (χ0n) is 14.8. The third-order valence-electron chi connectivity index (χ3n) is 3.65. The lowest BCUT2D eigenvalue weighted by molar-refractivity contribution is -0.309. The molecule has 0 fully saturated rings. The molecule has 2 rings (SSSR count). The van der Waals surface area contributed by atoms with Gasteiger partial charge in [0, 0.05) is 17.5 Å². The Hall–Kier alpha value is -3.36. The largest absolute Gasteiger partial charge is 0.548 e. The number of ether oxygens (including phenoxy) is 1. The fraction of sp³-hybridized carbons (Fsp3) is 0.333. The van der Waals surface area contributed by atoms with Crippen LogP contribution in [0.3, 0.4) is 0 Å². The van der Waals surface area contributed by atoms with Crippen molar-refractivity contribution in [3.8, 4) is 5.75 Å². The quantitative estimate of drug-likeness (QED) is 0.575. The number of carboxylic acid groups (broad SMARTS) is 1. The third-order valence-corrected chi connectivity index (χ3v) is 3.65. The van der Waals surface area contributed by atoms with Gasteiger partial charge in [0.1, 0.15) is 11.3 Å². The van der Waals surface area contributed by atoms with Crippen molar-refractivity contribution in [1.82, 2.24) is 10.6 Å². The number of carbonyl (C=O) groups is 3. The van der Waals surface area contributed by atoms with Crippen molar-refractivity contribution in [3.63, 3.8) is 0 Å². The first-order valence-corrected chi connectivity index (χ1v) is 8.20. The van der Waals surface area contributed by atoms with Gasteiger partial charge in [-0.05, 0) is 24.1 Å².